The maximum Gasteiger partial charge on any atom is 0.364 e. The van der Waals surface area contributed by atoms with Crippen LogP contribution in [0.15, 0.2) is 72.3 Å². The van der Waals surface area contributed by atoms with Crippen molar-refractivity contribution in [2.24, 2.45) is 0 Å². The highest BCUT2D eigenvalue weighted by Gasteiger charge is 2.21. The number of aromatic hydroxyl groups is 5. The molecule has 2 aromatic carbocycles. The lowest BCUT2D eigenvalue weighted by atomic mass is 10.1. The van der Waals surface area contributed by atoms with E-state index in [1.165, 1.54) is 30.3 Å². The van der Waals surface area contributed by atoms with Crippen molar-refractivity contribution in [2.45, 2.75) is 0 Å². The summed E-state index contributed by atoms with van der Waals surface area (Å²) in [5.41, 5.74) is -0.880. The molecule has 40 heavy (non-hydrogen) atoms. The zero-order valence-corrected chi connectivity index (χ0v) is 20.0. The number of aromatic nitrogens is 2. The molecule has 0 fully saturated rings. The third-order valence-electron chi connectivity index (χ3n) is 5.18. The summed E-state index contributed by atoms with van der Waals surface area (Å²) in [7, 11) is 0. The van der Waals surface area contributed by atoms with Gasteiger partial charge in [0.2, 0.25) is 23.5 Å². The number of nitrogens with one attached hydrogen (secondary N) is 1. The Kier molecular flexibility index (Phi) is 7.30. The molecule has 2 heterocycles. The predicted molar refractivity (Wildman–Crippen MR) is 134 cm³/mol. The molecular weight excluding hydrogens is 528 g/mol. The van der Waals surface area contributed by atoms with Crippen LogP contribution in [0.3, 0.4) is 0 Å². The summed E-state index contributed by atoms with van der Waals surface area (Å²) in [4.78, 5) is 48.4. The van der Waals surface area contributed by atoms with E-state index in [0.29, 0.717) is 15.0 Å². The first-order valence-corrected chi connectivity index (χ1v) is 11.1. The van der Waals surface area contributed by atoms with Crippen LogP contribution in [0.5, 0.6) is 29.3 Å². The number of phenols is 1. The molecule has 14 nitrogen and oxygen atoms in total. The number of amides is 1. The summed E-state index contributed by atoms with van der Waals surface area (Å²) < 4.78 is 0.797. The SMILES string of the molecule is N#CC(=Cc1ccc(O)cc1)C(=O)Nc1cc(C(=O)On2c(O)ccc2O)cc(C(=O)On2c(O)ccc2O)c1. The van der Waals surface area contributed by atoms with E-state index in [4.69, 9.17) is 9.68 Å². The second-order valence-corrected chi connectivity index (χ2v) is 7.96. The normalized spacial score (nSPS) is 10.9. The number of anilines is 1. The van der Waals surface area contributed by atoms with Crippen LogP contribution in [-0.2, 0) is 4.79 Å². The second kappa shape index (κ2) is 10.9. The zero-order chi connectivity index (χ0) is 29.0. The van der Waals surface area contributed by atoms with Gasteiger partial charge in [0.05, 0.1) is 11.1 Å². The van der Waals surface area contributed by atoms with Gasteiger partial charge in [0.15, 0.2) is 0 Å². The number of nitriles is 1. The lowest BCUT2D eigenvalue weighted by Gasteiger charge is -2.12. The van der Waals surface area contributed by atoms with Gasteiger partial charge in [-0.2, -0.15) is 5.26 Å². The van der Waals surface area contributed by atoms with Gasteiger partial charge in [-0.1, -0.05) is 12.1 Å². The highest BCUT2D eigenvalue weighted by Crippen LogP contribution is 2.23. The Hall–Kier alpha value is -6.36. The van der Waals surface area contributed by atoms with Crippen LogP contribution in [0, 0.1) is 11.3 Å². The average molecular weight is 546 g/mol. The third-order valence-corrected chi connectivity index (χ3v) is 5.18. The number of carbonyl (C=O) groups is 3. The molecule has 6 N–H and O–H groups in total. The minimum absolute atomic E-state index is 0.0219. The van der Waals surface area contributed by atoms with Crippen LogP contribution < -0.4 is 15.0 Å². The number of carbonyl (C=O) groups excluding carboxylic acids is 3. The maximum absolute atomic E-state index is 12.8. The van der Waals surface area contributed by atoms with Crippen molar-refractivity contribution in [3.05, 3.63) is 89.0 Å². The summed E-state index contributed by atoms with van der Waals surface area (Å²) in [5, 5.41) is 60.3. The van der Waals surface area contributed by atoms with Crippen LogP contribution in [0.25, 0.3) is 6.08 Å². The summed E-state index contributed by atoms with van der Waals surface area (Å²) >= 11 is 0. The Bertz CT molecular complexity index is 1580. The van der Waals surface area contributed by atoms with Crippen LogP contribution in [0.1, 0.15) is 26.3 Å². The van der Waals surface area contributed by atoms with Crippen LogP contribution in [0.4, 0.5) is 5.69 Å². The second-order valence-electron chi connectivity index (χ2n) is 7.96. The van der Waals surface area contributed by atoms with E-state index in [-0.39, 0.29) is 28.1 Å². The minimum Gasteiger partial charge on any atom is -0.508 e. The summed E-state index contributed by atoms with van der Waals surface area (Å²) in [6.45, 7) is 0. The van der Waals surface area contributed by atoms with E-state index >= 15 is 0 Å². The molecule has 0 saturated heterocycles. The van der Waals surface area contributed by atoms with Crippen molar-refractivity contribution in [1.82, 2.24) is 9.46 Å². The van der Waals surface area contributed by atoms with Crippen molar-refractivity contribution in [2.75, 3.05) is 5.32 Å². The molecule has 4 aromatic rings. The van der Waals surface area contributed by atoms with E-state index in [1.54, 1.807) is 6.07 Å². The smallest absolute Gasteiger partial charge is 0.364 e. The van der Waals surface area contributed by atoms with Gasteiger partial charge >= 0.3 is 11.9 Å². The predicted octanol–water partition coefficient (Wildman–Crippen LogP) is 1.90. The van der Waals surface area contributed by atoms with Gasteiger partial charge in [-0.25, -0.2) is 9.59 Å². The molecule has 4 rings (SSSR count). The summed E-state index contributed by atoms with van der Waals surface area (Å²) in [5.74, 6) is -5.82. The topological polar surface area (TPSA) is 216 Å². The number of rotatable bonds is 7. The molecule has 0 aliphatic rings. The van der Waals surface area contributed by atoms with Crippen molar-refractivity contribution in [3.8, 4) is 35.3 Å². The number of nitrogens with zero attached hydrogens (tertiary/aromatic N) is 3. The largest absolute Gasteiger partial charge is 0.508 e. The third kappa shape index (κ3) is 5.79. The van der Waals surface area contributed by atoms with Gasteiger partial charge in [0.25, 0.3) is 5.91 Å². The number of hydrogen-bond donors (Lipinski definition) is 6. The van der Waals surface area contributed by atoms with Crippen LogP contribution in [0.2, 0.25) is 0 Å². The van der Waals surface area contributed by atoms with E-state index in [2.05, 4.69) is 5.32 Å². The highest BCUT2D eigenvalue weighted by atomic mass is 16.7. The monoisotopic (exact) mass is 546 g/mol. The molecule has 0 bridgehead atoms. The quantitative estimate of drug-likeness (QED) is 0.145. The lowest BCUT2D eigenvalue weighted by molar-refractivity contribution is -0.112. The van der Waals surface area contributed by atoms with Crippen LogP contribution in [-0.4, -0.2) is 52.8 Å². The van der Waals surface area contributed by atoms with Gasteiger partial charge in [-0.05, 0) is 42.0 Å². The van der Waals surface area contributed by atoms with Crippen molar-refractivity contribution < 1.29 is 49.6 Å². The standard InChI is InChI=1S/C26H18N4O10/c27-13-17(9-14-1-3-19(31)4-2-14)24(36)28-18-11-15(25(37)39-29-20(32)5-6-21(29)33)10-16(12-18)26(38)40-30-22(34)7-8-23(30)35/h1-12,31-35H,(H,28,36). The minimum atomic E-state index is -1.20. The number of hydrogen-bond acceptors (Lipinski definition) is 11. The molecule has 0 saturated carbocycles. The molecule has 0 aliphatic heterocycles. The Morgan fingerprint density at radius 2 is 1.18 bits per heavy atom. The fraction of sp³-hybridized carbons (Fsp3) is 0. The maximum atomic E-state index is 12.8. The first-order valence-electron chi connectivity index (χ1n) is 11.1. The van der Waals surface area contributed by atoms with Gasteiger partial charge < -0.3 is 40.5 Å². The van der Waals surface area contributed by atoms with Crippen molar-refractivity contribution >= 4 is 29.6 Å². The molecule has 0 aliphatic carbocycles. The van der Waals surface area contributed by atoms with E-state index in [9.17, 15) is 45.2 Å². The molecule has 2 aromatic heterocycles. The Labute approximate surface area is 223 Å². The Balaban J connectivity index is 1.68. The fourth-order valence-electron chi connectivity index (χ4n) is 3.28. The fourth-order valence-corrected chi connectivity index (χ4v) is 3.28. The average Bonchev–Trinajstić information content (AvgIpc) is 3.42. The molecule has 0 radical (unpaired) electrons. The number of benzene rings is 2. The molecule has 0 spiro atoms. The first kappa shape index (κ1) is 26.7. The van der Waals surface area contributed by atoms with Crippen molar-refractivity contribution in [1.29, 1.82) is 5.26 Å². The Morgan fingerprint density at radius 3 is 1.60 bits per heavy atom. The molecule has 202 valence electrons. The molecule has 1 amide bonds. The summed E-state index contributed by atoms with van der Waals surface area (Å²) in [6.07, 6.45) is 1.23. The van der Waals surface area contributed by atoms with Gasteiger partial charge in [-0.15, -0.1) is 9.46 Å². The Morgan fingerprint density at radius 1 is 0.725 bits per heavy atom. The van der Waals surface area contributed by atoms with E-state index in [0.717, 1.165) is 42.5 Å². The van der Waals surface area contributed by atoms with Gasteiger partial charge in [0.1, 0.15) is 17.4 Å². The first-order chi connectivity index (χ1) is 19.0. The van der Waals surface area contributed by atoms with Crippen molar-refractivity contribution in [3.63, 3.8) is 0 Å². The lowest BCUT2D eigenvalue weighted by Crippen LogP contribution is -2.23. The molecule has 14 heteroatoms. The molecular formula is C26H18N4O10. The molecule has 0 atom stereocenters. The van der Waals surface area contributed by atoms with E-state index in [1.807, 2.05) is 0 Å². The van der Waals surface area contributed by atoms with E-state index < -0.39 is 41.4 Å². The highest BCUT2D eigenvalue weighted by molar-refractivity contribution is 6.10. The van der Waals surface area contributed by atoms with Crippen LogP contribution >= 0.6 is 0 Å². The van der Waals surface area contributed by atoms with Gasteiger partial charge in [0, 0.05) is 30.0 Å². The van der Waals surface area contributed by atoms with Gasteiger partial charge in [-0.3, -0.25) is 4.79 Å². The summed E-state index contributed by atoms with van der Waals surface area (Å²) in [6, 6.07) is 14.7. The zero-order valence-electron chi connectivity index (χ0n) is 20.0. The molecule has 0 unspecified atom stereocenters. The number of phenolic OH excluding ortho intramolecular Hbond substituents is 1.